The lowest BCUT2D eigenvalue weighted by Gasteiger charge is -2.22. The second-order valence-electron chi connectivity index (χ2n) is 6.30. The lowest BCUT2D eigenvalue weighted by Crippen LogP contribution is -2.43. The van der Waals surface area contributed by atoms with Crippen molar-refractivity contribution in [3.63, 3.8) is 0 Å². The number of nitrogens with one attached hydrogen (secondary N) is 2. The van der Waals surface area contributed by atoms with E-state index >= 15 is 0 Å². The molecule has 0 aliphatic rings. The van der Waals surface area contributed by atoms with Crippen molar-refractivity contribution in [1.82, 2.24) is 15.0 Å². The van der Waals surface area contributed by atoms with E-state index in [0.717, 1.165) is 0 Å². The second-order valence-corrected chi connectivity index (χ2v) is 8.04. The Hall–Kier alpha value is -2.64. The number of sulfonamides is 1. The molecule has 1 amide bonds. The first kappa shape index (κ1) is 24.6. The molecule has 2 rings (SSSR count). The van der Waals surface area contributed by atoms with E-state index in [1.165, 1.54) is 36.5 Å². The molecule has 0 saturated carbocycles. The van der Waals surface area contributed by atoms with Crippen molar-refractivity contribution in [2.24, 2.45) is 0 Å². The molecule has 0 bridgehead atoms. The van der Waals surface area contributed by atoms with Gasteiger partial charge in [0.25, 0.3) is 15.9 Å². The number of benzene rings is 1. The summed E-state index contributed by atoms with van der Waals surface area (Å²) in [5.41, 5.74) is 1.53. The van der Waals surface area contributed by atoms with E-state index in [-0.39, 0.29) is 11.3 Å². The molecule has 1 aromatic heterocycles. The number of halogens is 5. The van der Waals surface area contributed by atoms with Gasteiger partial charge in [-0.05, 0) is 17.2 Å². The molecular formula is C18H18F5N3O4S. The Labute approximate surface area is 174 Å². The predicted molar refractivity (Wildman–Crippen MR) is 100 cm³/mol. The molecule has 0 saturated heterocycles. The summed E-state index contributed by atoms with van der Waals surface area (Å²) in [4.78, 5) is 15.0. The zero-order valence-electron chi connectivity index (χ0n) is 15.7. The fraction of sp³-hybridized carbons (Fsp3) is 0.333. The Kier molecular flexibility index (Phi) is 8.42. The summed E-state index contributed by atoms with van der Waals surface area (Å²) < 4.78 is 86.1. The highest BCUT2D eigenvalue weighted by molar-refractivity contribution is 7.89. The van der Waals surface area contributed by atoms with E-state index in [4.69, 9.17) is 0 Å². The maximum atomic E-state index is 13.1. The van der Waals surface area contributed by atoms with Crippen molar-refractivity contribution in [3.05, 3.63) is 53.9 Å². The first-order chi connectivity index (χ1) is 14.5. The van der Waals surface area contributed by atoms with Gasteiger partial charge in [0.2, 0.25) is 0 Å². The van der Waals surface area contributed by atoms with Gasteiger partial charge in [0.1, 0.15) is 12.8 Å². The zero-order chi connectivity index (χ0) is 23.2. The van der Waals surface area contributed by atoms with Crippen LogP contribution in [0.5, 0.6) is 0 Å². The lowest BCUT2D eigenvalue weighted by molar-refractivity contribution is -0.133. The van der Waals surface area contributed by atoms with Crippen LogP contribution in [0.1, 0.15) is 17.4 Å². The summed E-state index contributed by atoms with van der Waals surface area (Å²) in [5, 5.41) is 11.9. The molecule has 13 heteroatoms. The number of nitrogens with zero attached hydrogens (tertiary/aromatic N) is 1. The van der Waals surface area contributed by atoms with Crippen LogP contribution in [0.25, 0.3) is 11.1 Å². The van der Waals surface area contributed by atoms with Crippen molar-refractivity contribution in [1.29, 1.82) is 0 Å². The largest absolute Gasteiger partial charge is 0.386 e. The number of aliphatic hydroxyl groups is 1. The number of amides is 1. The molecule has 0 spiro atoms. The molecule has 3 N–H and O–H groups in total. The first-order valence-electron chi connectivity index (χ1n) is 8.69. The van der Waals surface area contributed by atoms with E-state index < -0.39 is 53.5 Å². The maximum absolute atomic E-state index is 13.1. The number of carbonyl (C=O) groups is 1. The number of aliphatic hydroxyl groups excluding tert-OH is 1. The molecule has 0 aliphatic heterocycles. The number of alkyl halides is 5. The lowest BCUT2D eigenvalue weighted by atomic mass is 9.99. The third-order valence-corrected chi connectivity index (χ3v) is 5.19. The fourth-order valence-electron chi connectivity index (χ4n) is 2.49. The minimum Gasteiger partial charge on any atom is -0.386 e. The van der Waals surface area contributed by atoms with E-state index in [9.17, 15) is 40.3 Å². The van der Waals surface area contributed by atoms with Gasteiger partial charge in [-0.1, -0.05) is 30.3 Å². The van der Waals surface area contributed by atoms with Gasteiger partial charge in [-0.25, -0.2) is 17.5 Å². The number of hydrogen-bond donors (Lipinski definition) is 3. The van der Waals surface area contributed by atoms with Crippen LogP contribution >= 0.6 is 0 Å². The van der Waals surface area contributed by atoms with Gasteiger partial charge < -0.3 is 10.4 Å². The Bertz CT molecular complexity index is 973. The summed E-state index contributed by atoms with van der Waals surface area (Å²) in [6, 6.07) is 7.29. The van der Waals surface area contributed by atoms with Gasteiger partial charge in [0, 0.05) is 11.8 Å². The monoisotopic (exact) mass is 467 g/mol. The van der Waals surface area contributed by atoms with Crippen molar-refractivity contribution >= 4 is 15.9 Å². The molecule has 0 unspecified atom stereocenters. The summed E-state index contributed by atoms with van der Waals surface area (Å²) >= 11 is 0. The summed E-state index contributed by atoms with van der Waals surface area (Å²) in [6.45, 7) is -1.69. The third-order valence-electron chi connectivity index (χ3n) is 4.17. The van der Waals surface area contributed by atoms with Gasteiger partial charge in [-0.15, -0.1) is 0 Å². The number of carbonyl (C=O) groups excluding carboxylic acids is 1. The highest BCUT2D eigenvalue weighted by atomic mass is 32.2. The highest BCUT2D eigenvalue weighted by Gasteiger charge is 2.26. The van der Waals surface area contributed by atoms with Gasteiger partial charge in [-0.2, -0.15) is 17.6 Å². The molecule has 2 atom stereocenters. The molecule has 31 heavy (non-hydrogen) atoms. The maximum Gasteiger partial charge on any atom is 0.350 e. The van der Waals surface area contributed by atoms with Crippen LogP contribution in [0.3, 0.4) is 0 Å². The van der Waals surface area contributed by atoms with Crippen LogP contribution in [0, 0.1) is 0 Å². The molecule has 1 aromatic carbocycles. The molecule has 2 aromatic rings. The average Bonchev–Trinajstić information content (AvgIpc) is 2.75. The molecule has 0 aliphatic carbocycles. The second kappa shape index (κ2) is 10.6. The standard InChI is InChI=1S/C18H18F5N3O4S/c19-7-14(26-17(28)16(20)21)15(27)11-3-1-10(2-4-11)12-5-6-13(24-8-12)9-25-31(29,30)18(22)23/h1-6,8,14-16,18,25,27H,7,9H2,(H,26,28)/t14-,15-/m1/s1. The molecule has 170 valence electrons. The van der Waals surface area contributed by atoms with Crippen molar-refractivity contribution < 1.29 is 40.3 Å². The predicted octanol–water partition coefficient (Wildman–Crippen LogP) is 2.14. The Morgan fingerprint density at radius 1 is 1.03 bits per heavy atom. The minimum absolute atomic E-state index is 0.173. The number of pyridine rings is 1. The van der Waals surface area contributed by atoms with Gasteiger partial charge in [0.05, 0.1) is 18.3 Å². The molecule has 1 heterocycles. The minimum atomic E-state index is -4.73. The zero-order valence-corrected chi connectivity index (χ0v) is 16.5. The Balaban J connectivity index is 2.06. The number of rotatable bonds is 10. The molecular weight excluding hydrogens is 449 g/mol. The smallest absolute Gasteiger partial charge is 0.350 e. The van der Waals surface area contributed by atoms with Crippen molar-refractivity contribution in [3.8, 4) is 11.1 Å². The number of aromatic nitrogens is 1. The molecule has 7 nitrogen and oxygen atoms in total. The first-order valence-corrected chi connectivity index (χ1v) is 10.2. The normalized spacial score (nSPS) is 13.9. The SMILES string of the molecule is O=C(N[C@H](CF)[C@H](O)c1ccc(-c2ccc(CNS(=O)(=O)C(F)F)nc2)cc1)C(F)F. The van der Waals surface area contributed by atoms with Crippen LogP contribution in [-0.2, 0) is 21.4 Å². The van der Waals surface area contributed by atoms with E-state index in [1.54, 1.807) is 16.1 Å². The van der Waals surface area contributed by atoms with Gasteiger partial charge in [-0.3, -0.25) is 9.78 Å². The quantitative estimate of drug-likeness (QED) is 0.464. The van der Waals surface area contributed by atoms with E-state index in [0.29, 0.717) is 11.1 Å². The molecule has 0 radical (unpaired) electrons. The Morgan fingerprint density at radius 2 is 1.65 bits per heavy atom. The third kappa shape index (κ3) is 6.67. The van der Waals surface area contributed by atoms with Crippen LogP contribution < -0.4 is 10.0 Å². The van der Waals surface area contributed by atoms with Crippen LogP contribution in [0.2, 0.25) is 0 Å². The van der Waals surface area contributed by atoms with Crippen molar-refractivity contribution in [2.75, 3.05) is 6.67 Å². The van der Waals surface area contributed by atoms with E-state index in [2.05, 4.69) is 4.98 Å². The number of hydrogen-bond acceptors (Lipinski definition) is 5. The average molecular weight is 467 g/mol. The highest BCUT2D eigenvalue weighted by Crippen LogP contribution is 2.24. The van der Waals surface area contributed by atoms with E-state index in [1.807, 2.05) is 0 Å². The topological polar surface area (TPSA) is 108 Å². The Morgan fingerprint density at radius 3 is 2.13 bits per heavy atom. The van der Waals surface area contributed by atoms with Crippen molar-refractivity contribution in [2.45, 2.75) is 30.9 Å². The van der Waals surface area contributed by atoms with Gasteiger partial charge in [0.15, 0.2) is 0 Å². The summed E-state index contributed by atoms with van der Waals surface area (Å²) in [6.07, 6.45) is -3.54. The molecule has 0 fully saturated rings. The van der Waals surface area contributed by atoms with Crippen LogP contribution in [0.15, 0.2) is 42.6 Å². The van der Waals surface area contributed by atoms with Gasteiger partial charge >= 0.3 is 12.2 Å². The van der Waals surface area contributed by atoms with Crippen LogP contribution in [0.4, 0.5) is 22.0 Å². The van der Waals surface area contributed by atoms with Crippen LogP contribution in [-0.4, -0.2) is 49.3 Å². The summed E-state index contributed by atoms with van der Waals surface area (Å²) in [7, 11) is -4.73. The fourth-order valence-corrected chi connectivity index (χ4v) is 2.97. The summed E-state index contributed by atoms with van der Waals surface area (Å²) in [5.74, 6) is -5.25.